The highest BCUT2D eigenvalue weighted by molar-refractivity contribution is 5.50. The summed E-state index contributed by atoms with van der Waals surface area (Å²) in [5, 5.41) is 12.2. The first-order chi connectivity index (χ1) is 7.71. The third-order valence-electron chi connectivity index (χ3n) is 2.62. The molecule has 0 heterocycles. The molecule has 90 valence electrons. The Morgan fingerprint density at radius 3 is 2.81 bits per heavy atom. The summed E-state index contributed by atoms with van der Waals surface area (Å²) < 4.78 is 5.17. The van der Waals surface area contributed by atoms with Crippen molar-refractivity contribution in [3.63, 3.8) is 0 Å². The second-order valence-electron chi connectivity index (χ2n) is 3.75. The van der Waals surface area contributed by atoms with Gasteiger partial charge in [0.2, 0.25) is 0 Å². The number of anilines is 1. The maximum atomic E-state index is 9.11. The zero-order valence-corrected chi connectivity index (χ0v) is 10.1. The number of methoxy groups -OCH3 is 1. The summed E-state index contributed by atoms with van der Waals surface area (Å²) >= 11 is 0. The van der Waals surface area contributed by atoms with Crippen LogP contribution in [-0.4, -0.2) is 45.5 Å². The number of nitrogens with one attached hydrogen (secondary N) is 1. The Morgan fingerprint density at radius 2 is 2.25 bits per heavy atom. The fraction of sp³-hybridized carbons (Fsp3) is 0.500. The molecule has 1 aromatic carbocycles. The molecule has 2 N–H and O–H groups in total. The van der Waals surface area contributed by atoms with Gasteiger partial charge in [0, 0.05) is 31.4 Å². The zero-order chi connectivity index (χ0) is 12.0. The first-order valence-electron chi connectivity index (χ1n) is 5.34. The molecule has 0 saturated carbocycles. The number of nitrogens with zero attached hydrogens (tertiary/aromatic N) is 1. The van der Waals surface area contributed by atoms with E-state index < -0.39 is 0 Å². The van der Waals surface area contributed by atoms with Gasteiger partial charge in [-0.3, -0.25) is 0 Å². The molecule has 0 aromatic heterocycles. The van der Waals surface area contributed by atoms with Crippen LogP contribution in [0, 0.1) is 0 Å². The minimum atomic E-state index is 0.0798. The van der Waals surface area contributed by atoms with Crippen LogP contribution in [0.3, 0.4) is 0 Å². The SMILES string of the molecule is CNC(CO)CN(C)c1cccc(OC)c1. The molecule has 1 rings (SSSR count). The van der Waals surface area contributed by atoms with Gasteiger partial charge < -0.3 is 20.1 Å². The van der Waals surface area contributed by atoms with E-state index in [9.17, 15) is 0 Å². The van der Waals surface area contributed by atoms with E-state index in [-0.39, 0.29) is 12.6 Å². The second kappa shape index (κ2) is 6.35. The summed E-state index contributed by atoms with van der Waals surface area (Å²) in [5.74, 6) is 0.842. The molecule has 0 spiro atoms. The summed E-state index contributed by atoms with van der Waals surface area (Å²) in [6.45, 7) is 0.880. The maximum absolute atomic E-state index is 9.11. The lowest BCUT2D eigenvalue weighted by Crippen LogP contribution is -2.40. The molecule has 4 nitrogen and oxygen atoms in total. The van der Waals surface area contributed by atoms with Crippen molar-refractivity contribution in [2.45, 2.75) is 6.04 Å². The fourth-order valence-corrected chi connectivity index (χ4v) is 1.52. The molecule has 16 heavy (non-hydrogen) atoms. The normalized spacial score (nSPS) is 12.2. The molecule has 0 bridgehead atoms. The molecule has 0 fully saturated rings. The van der Waals surface area contributed by atoms with E-state index in [1.807, 2.05) is 38.4 Å². The van der Waals surface area contributed by atoms with E-state index in [0.717, 1.165) is 18.0 Å². The fourth-order valence-electron chi connectivity index (χ4n) is 1.52. The number of rotatable bonds is 6. The van der Waals surface area contributed by atoms with Crippen LogP contribution in [0.4, 0.5) is 5.69 Å². The summed E-state index contributed by atoms with van der Waals surface area (Å²) in [7, 11) is 5.50. The molecule has 0 aliphatic carbocycles. The maximum Gasteiger partial charge on any atom is 0.120 e. The van der Waals surface area contributed by atoms with Gasteiger partial charge in [0.05, 0.1) is 13.7 Å². The van der Waals surface area contributed by atoms with Crippen LogP contribution in [0.5, 0.6) is 5.75 Å². The van der Waals surface area contributed by atoms with Crippen molar-refractivity contribution in [1.82, 2.24) is 5.32 Å². The molecule has 1 atom stereocenters. The van der Waals surface area contributed by atoms with Crippen molar-refractivity contribution in [1.29, 1.82) is 0 Å². The van der Waals surface area contributed by atoms with Gasteiger partial charge in [0.25, 0.3) is 0 Å². The number of ether oxygens (including phenoxy) is 1. The Morgan fingerprint density at radius 1 is 1.50 bits per heavy atom. The highest BCUT2D eigenvalue weighted by Crippen LogP contribution is 2.19. The van der Waals surface area contributed by atoms with Crippen LogP contribution in [0.15, 0.2) is 24.3 Å². The summed E-state index contributed by atoms with van der Waals surface area (Å²) in [4.78, 5) is 2.08. The van der Waals surface area contributed by atoms with Gasteiger partial charge in [-0.15, -0.1) is 0 Å². The average molecular weight is 224 g/mol. The Hall–Kier alpha value is -1.26. The second-order valence-corrected chi connectivity index (χ2v) is 3.75. The number of aliphatic hydroxyl groups is 1. The molecule has 0 aliphatic rings. The van der Waals surface area contributed by atoms with Crippen molar-refractivity contribution in [2.75, 3.05) is 39.3 Å². The summed E-state index contributed by atoms with van der Waals surface area (Å²) in [5.41, 5.74) is 1.08. The molecular weight excluding hydrogens is 204 g/mol. The van der Waals surface area contributed by atoms with Crippen LogP contribution in [0.2, 0.25) is 0 Å². The number of hydrogen-bond acceptors (Lipinski definition) is 4. The first kappa shape index (κ1) is 12.8. The smallest absolute Gasteiger partial charge is 0.120 e. The van der Waals surface area contributed by atoms with E-state index in [1.54, 1.807) is 7.11 Å². The van der Waals surface area contributed by atoms with E-state index in [0.29, 0.717) is 0 Å². The number of aliphatic hydroxyl groups excluding tert-OH is 1. The Bertz CT molecular complexity index is 314. The Labute approximate surface area is 96.8 Å². The number of benzene rings is 1. The molecule has 1 unspecified atom stereocenters. The van der Waals surface area contributed by atoms with E-state index in [4.69, 9.17) is 9.84 Å². The topological polar surface area (TPSA) is 44.7 Å². The molecule has 0 radical (unpaired) electrons. The van der Waals surface area contributed by atoms with Crippen molar-refractivity contribution in [3.05, 3.63) is 24.3 Å². The molecule has 0 aliphatic heterocycles. The van der Waals surface area contributed by atoms with Gasteiger partial charge in [-0.1, -0.05) is 6.07 Å². The third-order valence-corrected chi connectivity index (χ3v) is 2.62. The van der Waals surface area contributed by atoms with Crippen LogP contribution < -0.4 is 15.0 Å². The monoisotopic (exact) mass is 224 g/mol. The van der Waals surface area contributed by atoms with Crippen LogP contribution in [-0.2, 0) is 0 Å². The van der Waals surface area contributed by atoms with Crippen molar-refractivity contribution in [2.24, 2.45) is 0 Å². The highest BCUT2D eigenvalue weighted by atomic mass is 16.5. The lowest BCUT2D eigenvalue weighted by atomic mass is 10.2. The first-order valence-corrected chi connectivity index (χ1v) is 5.34. The Kier molecular flexibility index (Phi) is 5.08. The summed E-state index contributed by atoms with van der Waals surface area (Å²) in [6.07, 6.45) is 0. The Balaban J connectivity index is 2.67. The molecular formula is C12H20N2O2. The van der Waals surface area contributed by atoms with Gasteiger partial charge in [-0.25, -0.2) is 0 Å². The minimum absolute atomic E-state index is 0.0798. The average Bonchev–Trinajstić information content (AvgIpc) is 2.35. The van der Waals surface area contributed by atoms with Crippen LogP contribution >= 0.6 is 0 Å². The zero-order valence-electron chi connectivity index (χ0n) is 10.1. The quantitative estimate of drug-likeness (QED) is 0.747. The van der Waals surface area contributed by atoms with E-state index in [1.165, 1.54) is 0 Å². The lowest BCUT2D eigenvalue weighted by Gasteiger charge is -2.24. The lowest BCUT2D eigenvalue weighted by molar-refractivity contribution is 0.251. The molecule has 1 aromatic rings. The van der Waals surface area contributed by atoms with Crippen molar-refractivity contribution >= 4 is 5.69 Å². The van der Waals surface area contributed by atoms with Crippen molar-refractivity contribution in [3.8, 4) is 5.75 Å². The van der Waals surface area contributed by atoms with E-state index in [2.05, 4.69) is 10.2 Å². The predicted molar refractivity (Wildman–Crippen MR) is 66.2 cm³/mol. The number of hydrogen-bond donors (Lipinski definition) is 2. The van der Waals surface area contributed by atoms with E-state index >= 15 is 0 Å². The number of likely N-dealkylation sites (N-methyl/N-ethyl adjacent to an activating group) is 2. The van der Waals surface area contributed by atoms with Crippen LogP contribution in [0.25, 0.3) is 0 Å². The van der Waals surface area contributed by atoms with Crippen LogP contribution in [0.1, 0.15) is 0 Å². The molecule has 4 heteroatoms. The standard InChI is InChI=1S/C12H20N2O2/c1-13-10(9-15)8-14(2)11-5-4-6-12(7-11)16-3/h4-7,10,13,15H,8-9H2,1-3H3. The van der Waals surface area contributed by atoms with Gasteiger partial charge >= 0.3 is 0 Å². The predicted octanol–water partition coefficient (Wildman–Crippen LogP) is 0.712. The molecule has 0 amide bonds. The van der Waals surface area contributed by atoms with Gasteiger partial charge in [-0.2, -0.15) is 0 Å². The molecule has 0 saturated heterocycles. The van der Waals surface area contributed by atoms with Gasteiger partial charge in [-0.05, 0) is 19.2 Å². The van der Waals surface area contributed by atoms with Gasteiger partial charge in [0.15, 0.2) is 0 Å². The summed E-state index contributed by atoms with van der Waals surface area (Å²) in [6, 6.07) is 7.95. The minimum Gasteiger partial charge on any atom is -0.497 e. The largest absolute Gasteiger partial charge is 0.497 e. The van der Waals surface area contributed by atoms with Crippen molar-refractivity contribution < 1.29 is 9.84 Å². The highest BCUT2D eigenvalue weighted by Gasteiger charge is 2.09. The van der Waals surface area contributed by atoms with Gasteiger partial charge in [0.1, 0.15) is 5.75 Å². The third kappa shape index (κ3) is 3.40.